The third-order valence-electron chi connectivity index (χ3n) is 2.52. The van der Waals surface area contributed by atoms with E-state index in [1.54, 1.807) is 22.7 Å². The van der Waals surface area contributed by atoms with Gasteiger partial charge in [0.25, 0.3) is 0 Å². The number of hydrogen-bond acceptors (Lipinski definition) is 3. The average Bonchev–Trinajstić information content (AvgIpc) is 2.84. The molecule has 0 aromatic carbocycles. The van der Waals surface area contributed by atoms with Crippen molar-refractivity contribution in [2.24, 2.45) is 0 Å². The van der Waals surface area contributed by atoms with Crippen LogP contribution in [0.2, 0.25) is 0 Å². The van der Waals surface area contributed by atoms with Crippen LogP contribution in [0.15, 0.2) is 26.7 Å². The molecule has 4 heteroatoms. The summed E-state index contributed by atoms with van der Waals surface area (Å²) in [7, 11) is 0. The quantitative estimate of drug-likeness (QED) is 0.870. The van der Waals surface area contributed by atoms with Crippen molar-refractivity contribution < 1.29 is 0 Å². The molecule has 2 aromatic heterocycles. The lowest BCUT2D eigenvalue weighted by Crippen LogP contribution is -2.21. The van der Waals surface area contributed by atoms with Gasteiger partial charge in [0.2, 0.25) is 0 Å². The van der Waals surface area contributed by atoms with Crippen LogP contribution in [0.1, 0.15) is 29.0 Å². The molecule has 1 nitrogen and oxygen atoms in total. The smallest absolute Gasteiger partial charge is 0.0693 e. The number of nitrogens with one attached hydrogen (secondary N) is 1. The molecule has 0 aliphatic rings. The first-order valence-electron chi connectivity index (χ1n) is 5.23. The Kier molecular flexibility index (Phi) is 4.19. The molecule has 1 unspecified atom stereocenters. The Labute approximate surface area is 113 Å². The van der Waals surface area contributed by atoms with Crippen molar-refractivity contribution >= 4 is 38.6 Å². The second-order valence-electron chi connectivity index (χ2n) is 3.63. The van der Waals surface area contributed by atoms with Gasteiger partial charge in [0.15, 0.2) is 0 Å². The third kappa shape index (κ3) is 2.40. The Morgan fingerprint density at radius 3 is 2.75 bits per heavy atom. The first-order valence-corrected chi connectivity index (χ1v) is 7.84. The SMILES string of the molecule is CCNC(c1cscc1C)c1sccc1Br. The van der Waals surface area contributed by atoms with Gasteiger partial charge in [-0.25, -0.2) is 0 Å². The van der Waals surface area contributed by atoms with Gasteiger partial charge < -0.3 is 5.32 Å². The molecule has 1 N–H and O–H groups in total. The van der Waals surface area contributed by atoms with E-state index in [1.807, 2.05) is 0 Å². The minimum Gasteiger partial charge on any atom is -0.306 e. The molecule has 16 heavy (non-hydrogen) atoms. The fourth-order valence-electron chi connectivity index (χ4n) is 1.73. The van der Waals surface area contributed by atoms with E-state index in [9.17, 15) is 0 Å². The summed E-state index contributed by atoms with van der Waals surface area (Å²) in [6.45, 7) is 5.30. The summed E-state index contributed by atoms with van der Waals surface area (Å²) < 4.78 is 1.20. The van der Waals surface area contributed by atoms with Crippen molar-refractivity contribution in [2.75, 3.05) is 6.54 Å². The molecular weight excluding hydrogens is 302 g/mol. The van der Waals surface area contributed by atoms with Gasteiger partial charge in [0.1, 0.15) is 0 Å². The van der Waals surface area contributed by atoms with Crippen LogP contribution in [-0.2, 0) is 0 Å². The maximum absolute atomic E-state index is 3.62. The normalized spacial score (nSPS) is 12.9. The lowest BCUT2D eigenvalue weighted by atomic mass is 10.1. The maximum atomic E-state index is 3.62. The fraction of sp³-hybridized carbons (Fsp3) is 0.333. The summed E-state index contributed by atoms with van der Waals surface area (Å²) in [5.74, 6) is 0. The summed E-state index contributed by atoms with van der Waals surface area (Å²) >= 11 is 7.19. The summed E-state index contributed by atoms with van der Waals surface area (Å²) in [6, 6.07) is 2.44. The van der Waals surface area contributed by atoms with E-state index in [0.717, 1.165) is 6.54 Å². The number of halogens is 1. The first kappa shape index (κ1) is 12.3. The standard InChI is InChI=1S/C12H14BrNS2/c1-3-14-11(9-7-15-6-8(9)2)12-10(13)4-5-16-12/h4-7,11,14H,3H2,1-2H3. The zero-order valence-corrected chi connectivity index (χ0v) is 12.5. The zero-order chi connectivity index (χ0) is 11.5. The van der Waals surface area contributed by atoms with Gasteiger partial charge in [0, 0.05) is 9.35 Å². The van der Waals surface area contributed by atoms with Crippen LogP contribution in [0.3, 0.4) is 0 Å². The van der Waals surface area contributed by atoms with E-state index in [-0.39, 0.29) is 0 Å². The monoisotopic (exact) mass is 315 g/mol. The largest absolute Gasteiger partial charge is 0.306 e. The summed E-state index contributed by atoms with van der Waals surface area (Å²) in [4.78, 5) is 1.36. The molecule has 0 spiro atoms. The van der Waals surface area contributed by atoms with Gasteiger partial charge in [-0.05, 0) is 62.7 Å². The van der Waals surface area contributed by atoms with Gasteiger partial charge in [-0.3, -0.25) is 0 Å². The molecule has 0 aliphatic carbocycles. The van der Waals surface area contributed by atoms with Crippen LogP contribution in [0, 0.1) is 6.92 Å². The van der Waals surface area contributed by atoms with E-state index in [0.29, 0.717) is 6.04 Å². The van der Waals surface area contributed by atoms with Crippen molar-refractivity contribution in [1.82, 2.24) is 5.32 Å². The van der Waals surface area contributed by atoms with E-state index < -0.39 is 0 Å². The minimum atomic E-state index is 0.325. The van der Waals surface area contributed by atoms with Crippen molar-refractivity contribution in [3.05, 3.63) is 42.7 Å². The number of rotatable bonds is 4. The van der Waals surface area contributed by atoms with Crippen molar-refractivity contribution in [3.63, 3.8) is 0 Å². The van der Waals surface area contributed by atoms with Gasteiger partial charge in [-0.15, -0.1) is 11.3 Å². The Hall–Kier alpha value is -0.160. The third-order valence-corrected chi connectivity index (χ3v) is 5.34. The van der Waals surface area contributed by atoms with E-state index >= 15 is 0 Å². The highest BCUT2D eigenvalue weighted by Gasteiger charge is 2.19. The van der Waals surface area contributed by atoms with Crippen LogP contribution < -0.4 is 5.32 Å². The van der Waals surface area contributed by atoms with E-state index in [2.05, 4.69) is 57.3 Å². The predicted octanol–water partition coefficient (Wildman–Crippen LogP) is 4.58. The second kappa shape index (κ2) is 5.45. The molecule has 2 heterocycles. The molecular formula is C12H14BrNS2. The summed E-state index contributed by atoms with van der Waals surface area (Å²) in [5, 5.41) is 10.1. The fourth-order valence-corrected chi connectivity index (χ4v) is 4.30. The zero-order valence-electron chi connectivity index (χ0n) is 9.29. The van der Waals surface area contributed by atoms with Crippen LogP contribution in [0.25, 0.3) is 0 Å². The van der Waals surface area contributed by atoms with Crippen molar-refractivity contribution in [1.29, 1.82) is 0 Å². The molecule has 2 aromatic rings. The molecule has 86 valence electrons. The van der Waals surface area contributed by atoms with Crippen LogP contribution in [0.5, 0.6) is 0 Å². The lowest BCUT2D eigenvalue weighted by Gasteiger charge is -2.17. The van der Waals surface area contributed by atoms with Crippen LogP contribution in [0.4, 0.5) is 0 Å². The Morgan fingerprint density at radius 2 is 2.25 bits per heavy atom. The van der Waals surface area contributed by atoms with Gasteiger partial charge >= 0.3 is 0 Å². The van der Waals surface area contributed by atoms with Crippen LogP contribution >= 0.6 is 38.6 Å². The average molecular weight is 316 g/mol. The Morgan fingerprint density at radius 1 is 1.44 bits per heavy atom. The van der Waals surface area contributed by atoms with Gasteiger partial charge in [0.05, 0.1) is 6.04 Å². The van der Waals surface area contributed by atoms with Gasteiger partial charge in [-0.2, -0.15) is 11.3 Å². The van der Waals surface area contributed by atoms with E-state index in [1.165, 1.54) is 20.5 Å². The molecule has 0 aliphatic heterocycles. The molecule has 2 rings (SSSR count). The highest BCUT2D eigenvalue weighted by molar-refractivity contribution is 9.10. The van der Waals surface area contributed by atoms with Crippen LogP contribution in [-0.4, -0.2) is 6.54 Å². The minimum absolute atomic E-state index is 0.325. The predicted molar refractivity (Wildman–Crippen MR) is 76.6 cm³/mol. The highest BCUT2D eigenvalue weighted by atomic mass is 79.9. The second-order valence-corrected chi connectivity index (χ2v) is 6.18. The van der Waals surface area contributed by atoms with Crippen molar-refractivity contribution in [2.45, 2.75) is 19.9 Å². The molecule has 0 saturated carbocycles. The molecule has 1 atom stereocenters. The molecule has 0 bridgehead atoms. The number of aryl methyl sites for hydroxylation is 1. The summed E-state index contributed by atoms with van der Waals surface area (Å²) in [5.41, 5.74) is 2.77. The van der Waals surface area contributed by atoms with Crippen molar-refractivity contribution in [3.8, 4) is 0 Å². The topological polar surface area (TPSA) is 12.0 Å². The highest BCUT2D eigenvalue weighted by Crippen LogP contribution is 2.35. The number of thiophene rings is 2. The summed E-state index contributed by atoms with van der Waals surface area (Å²) in [6.07, 6.45) is 0. The maximum Gasteiger partial charge on any atom is 0.0693 e. The van der Waals surface area contributed by atoms with Gasteiger partial charge in [-0.1, -0.05) is 6.92 Å². The Balaban J connectivity index is 2.39. The Bertz CT molecular complexity index is 421. The lowest BCUT2D eigenvalue weighted by molar-refractivity contribution is 0.637. The molecule has 0 fully saturated rings. The molecule has 0 radical (unpaired) electrons. The number of hydrogen-bond donors (Lipinski definition) is 1. The van der Waals surface area contributed by atoms with E-state index in [4.69, 9.17) is 0 Å². The molecule has 0 saturated heterocycles. The first-order chi connectivity index (χ1) is 7.74. The molecule has 0 amide bonds.